The van der Waals surface area contributed by atoms with Crippen molar-refractivity contribution in [2.24, 2.45) is 0 Å². The fraction of sp³-hybridized carbons (Fsp3) is 0.250. The Hall–Kier alpha value is -0.640. The number of rotatable bonds is 2. The Morgan fingerprint density at radius 2 is 2.25 bits per heavy atom. The van der Waals surface area contributed by atoms with E-state index in [2.05, 4.69) is 5.32 Å². The average molecular weight is 190 g/mol. The molecule has 0 spiro atoms. The molecule has 1 aromatic rings. The Balaban J connectivity index is 2.96. The van der Waals surface area contributed by atoms with Crippen LogP contribution in [-0.2, 0) is 0 Å². The van der Waals surface area contributed by atoms with Gasteiger partial charge in [0.25, 0.3) is 0 Å². The molecule has 0 aliphatic carbocycles. The third-order valence-electron chi connectivity index (χ3n) is 1.53. The van der Waals surface area contributed by atoms with Gasteiger partial charge in [-0.1, -0.05) is 17.7 Å². The lowest BCUT2D eigenvalue weighted by Gasteiger charge is -2.09. The van der Waals surface area contributed by atoms with Gasteiger partial charge in [-0.25, -0.2) is 4.39 Å². The summed E-state index contributed by atoms with van der Waals surface area (Å²) in [7, 11) is 1.60. The van der Waals surface area contributed by atoms with Gasteiger partial charge in [0.15, 0.2) is 0 Å². The molecule has 0 bridgehead atoms. The van der Waals surface area contributed by atoms with Crippen molar-refractivity contribution in [3.63, 3.8) is 0 Å². The number of aliphatic hydroxyl groups is 1. The number of hydrogen-bond donors (Lipinski definition) is 2. The van der Waals surface area contributed by atoms with Gasteiger partial charge in [-0.15, -0.1) is 0 Å². The predicted octanol–water partition coefficient (Wildman–Crippen LogP) is 1.69. The number of hydrogen-bond acceptors (Lipinski definition) is 2. The highest BCUT2D eigenvalue weighted by Crippen LogP contribution is 2.19. The van der Waals surface area contributed by atoms with Gasteiger partial charge in [0.1, 0.15) is 12.0 Å². The lowest BCUT2D eigenvalue weighted by atomic mass is 10.2. The Morgan fingerprint density at radius 1 is 1.58 bits per heavy atom. The fourth-order valence-corrected chi connectivity index (χ4v) is 1.04. The summed E-state index contributed by atoms with van der Waals surface area (Å²) in [5, 5.41) is 11.9. The summed E-state index contributed by atoms with van der Waals surface area (Å²) in [6, 6.07) is 4.08. The molecule has 0 aromatic heterocycles. The molecular weight excluding hydrogens is 181 g/mol. The number of halogens is 2. The van der Waals surface area contributed by atoms with Crippen molar-refractivity contribution >= 4 is 11.6 Å². The van der Waals surface area contributed by atoms with E-state index in [1.165, 1.54) is 18.2 Å². The maximum Gasteiger partial charge on any atom is 0.141 e. The molecule has 0 radical (unpaired) electrons. The third kappa shape index (κ3) is 1.94. The van der Waals surface area contributed by atoms with Crippen LogP contribution < -0.4 is 5.32 Å². The molecule has 0 heterocycles. The zero-order valence-corrected chi connectivity index (χ0v) is 7.27. The molecule has 0 saturated carbocycles. The van der Waals surface area contributed by atoms with Gasteiger partial charge in [0, 0.05) is 0 Å². The first-order valence-electron chi connectivity index (χ1n) is 3.45. The highest BCUT2D eigenvalue weighted by molar-refractivity contribution is 6.30. The summed E-state index contributed by atoms with van der Waals surface area (Å²) in [6.45, 7) is 0. The minimum absolute atomic E-state index is 0.0156. The molecule has 4 heteroatoms. The highest BCUT2D eigenvalue weighted by Gasteiger charge is 2.06. The first kappa shape index (κ1) is 9.45. The van der Waals surface area contributed by atoms with Crippen molar-refractivity contribution < 1.29 is 9.50 Å². The maximum atomic E-state index is 12.6. The number of benzene rings is 1. The second-order valence-corrected chi connectivity index (χ2v) is 2.77. The monoisotopic (exact) mass is 189 g/mol. The number of nitrogens with one attached hydrogen (secondary N) is 1. The molecule has 1 unspecified atom stereocenters. The molecule has 0 saturated heterocycles. The van der Waals surface area contributed by atoms with Crippen molar-refractivity contribution in [3.8, 4) is 0 Å². The van der Waals surface area contributed by atoms with Crippen LogP contribution in [0.1, 0.15) is 11.8 Å². The third-order valence-corrected chi connectivity index (χ3v) is 1.82. The minimum atomic E-state index is -0.803. The van der Waals surface area contributed by atoms with Crippen LogP contribution in [0, 0.1) is 5.82 Å². The minimum Gasteiger partial charge on any atom is -0.374 e. The van der Waals surface area contributed by atoms with Crippen molar-refractivity contribution in [1.82, 2.24) is 5.32 Å². The maximum absolute atomic E-state index is 12.6. The SMILES string of the molecule is CNC(O)c1ccc(F)c(Cl)c1. The predicted molar refractivity (Wildman–Crippen MR) is 45.4 cm³/mol. The Kier molecular flexibility index (Phi) is 3.03. The Labute approximate surface area is 75.0 Å². The molecule has 0 aliphatic heterocycles. The summed E-state index contributed by atoms with van der Waals surface area (Å²) in [5.41, 5.74) is 0.545. The van der Waals surface area contributed by atoms with Gasteiger partial charge in [0.05, 0.1) is 5.02 Å². The first-order valence-corrected chi connectivity index (χ1v) is 3.83. The van der Waals surface area contributed by atoms with Gasteiger partial charge < -0.3 is 5.11 Å². The molecule has 1 atom stereocenters. The highest BCUT2D eigenvalue weighted by atomic mass is 35.5. The molecule has 12 heavy (non-hydrogen) atoms. The van der Waals surface area contributed by atoms with Crippen LogP contribution in [-0.4, -0.2) is 12.2 Å². The van der Waals surface area contributed by atoms with Crippen LogP contribution in [0.3, 0.4) is 0 Å². The molecule has 2 N–H and O–H groups in total. The second kappa shape index (κ2) is 3.85. The zero-order valence-electron chi connectivity index (χ0n) is 6.51. The van der Waals surface area contributed by atoms with E-state index in [4.69, 9.17) is 11.6 Å². The van der Waals surface area contributed by atoms with Crippen molar-refractivity contribution in [2.45, 2.75) is 6.23 Å². The molecule has 0 fully saturated rings. The van der Waals surface area contributed by atoms with Gasteiger partial charge >= 0.3 is 0 Å². The summed E-state index contributed by atoms with van der Waals surface area (Å²) >= 11 is 5.50. The fourth-order valence-electron chi connectivity index (χ4n) is 0.849. The second-order valence-electron chi connectivity index (χ2n) is 2.36. The first-order chi connectivity index (χ1) is 5.65. The number of aliphatic hydroxyl groups excluding tert-OH is 1. The van der Waals surface area contributed by atoms with E-state index < -0.39 is 12.0 Å². The molecule has 66 valence electrons. The quantitative estimate of drug-likeness (QED) is 0.694. The van der Waals surface area contributed by atoms with Gasteiger partial charge in [-0.2, -0.15) is 0 Å². The van der Waals surface area contributed by atoms with E-state index in [1.54, 1.807) is 7.05 Å². The van der Waals surface area contributed by atoms with E-state index >= 15 is 0 Å². The van der Waals surface area contributed by atoms with E-state index in [-0.39, 0.29) is 5.02 Å². The van der Waals surface area contributed by atoms with Gasteiger partial charge in [-0.05, 0) is 24.7 Å². The summed E-state index contributed by atoms with van der Waals surface area (Å²) in [6.07, 6.45) is -0.803. The Morgan fingerprint density at radius 3 is 2.75 bits per heavy atom. The summed E-state index contributed by atoms with van der Waals surface area (Å²) in [5.74, 6) is -0.483. The van der Waals surface area contributed by atoms with E-state index in [1.807, 2.05) is 0 Å². The van der Waals surface area contributed by atoms with Crippen LogP contribution in [0.15, 0.2) is 18.2 Å². The molecule has 1 rings (SSSR count). The smallest absolute Gasteiger partial charge is 0.141 e. The molecule has 0 amide bonds. The molecule has 2 nitrogen and oxygen atoms in total. The zero-order chi connectivity index (χ0) is 9.14. The summed E-state index contributed by atoms with van der Waals surface area (Å²) in [4.78, 5) is 0. The average Bonchev–Trinajstić information content (AvgIpc) is 2.08. The topological polar surface area (TPSA) is 32.3 Å². The lowest BCUT2D eigenvalue weighted by Crippen LogP contribution is -2.15. The van der Waals surface area contributed by atoms with Crippen LogP contribution in [0.25, 0.3) is 0 Å². The lowest BCUT2D eigenvalue weighted by molar-refractivity contribution is 0.149. The van der Waals surface area contributed by atoms with Crippen LogP contribution in [0.5, 0.6) is 0 Å². The standard InChI is InChI=1S/C8H9ClFNO/c1-11-8(12)5-2-3-7(10)6(9)4-5/h2-4,8,11-12H,1H3. The molecular formula is C8H9ClFNO. The van der Waals surface area contributed by atoms with E-state index in [0.29, 0.717) is 5.56 Å². The summed E-state index contributed by atoms with van der Waals surface area (Å²) < 4.78 is 12.6. The van der Waals surface area contributed by atoms with Gasteiger partial charge in [0.2, 0.25) is 0 Å². The van der Waals surface area contributed by atoms with Crippen molar-refractivity contribution in [3.05, 3.63) is 34.6 Å². The normalized spacial score (nSPS) is 13.0. The molecule has 0 aliphatic rings. The van der Waals surface area contributed by atoms with Crippen LogP contribution >= 0.6 is 11.6 Å². The van der Waals surface area contributed by atoms with Gasteiger partial charge in [-0.3, -0.25) is 5.32 Å². The van der Waals surface area contributed by atoms with Crippen LogP contribution in [0.2, 0.25) is 5.02 Å². The van der Waals surface area contributed by atoms with E-state index in [9.17, 15) is 9.50 Å². The van der Waals surface area contributed by atoms with Crippen molar-refractivity contribution in [2.75, 3.05) is 7.05 Å². The van der Waals surface area contributed by atoms with Crippen LogP contribution in [0.4, 0.5) is 4.39 Å². The van der Waals surface area contributed by atoms with E-state index in [0.717, 1.165) is 0 Å². The largest absolute Gasteiger partial charge is 0.374 e. The molecule has 1 aromatic carbocycles. The Bertz CT molecular complexity index is 280. The van der Waals surface area contributed by atoms with Crippen molar-refractivity contribution in [1.29, 1.82) is 0 Å².